The van der Waals surface area contributed by atoms with Crippen molar-refractivity contribution in [3.8, 4) is 0 Å². The average Bonchev–Trinajstić information content (AvgIpc) is 2.63. The number of alkyl halides is 3. The molecule has 2 aromatic rings. The van der Waals surface area contributed by atoms with Crippen LogP contribution in [0.3, 0.4) is 0 Å². The minimum absolute atomic E-state index is 0.0288. The lowest BCUT2D eigenvalue weighted by Gasteiger charge is -2.25. The van der Waals surface area contributed by atoms with Crippen LogP contribution in [0, 0.1) is 0 Å². The van der Waals surface area contributed by atoms with E-state index in [0.717, 1.165) is 18.6 Å². The molecule has 0 aromatic heterocycles. The van der Waals surface area contributed by atoms with Gasteiger partial charge in [0.1, 0.15) is 0 Å². The normalized spacial score (nSPS) is 12.7. The summed E-state index contributed by atoms with van der Waals surface area (Å²) in [5, 5.41) is 5.39. The molecule has 0 spiro atoms. The largest absolute Gasteiger partial charge is 0.416 e. The van der Waals surface area contributed by atoms with E-state index in [4.69, 9.17) is 0 Å². The minimum atomic E-state index is -4.39. The van der Waals surface area contributed by atoms with Gasteiger partial charge < -0.3 is 15.5 Å². The third kappa shape index (κ3) is 6.94. The van der Waals surface area contributed by atoms with Crippen LogP contribution in [0.5, 0.6) is 0 Å². The second-order valence-corrected chi connectivity index (χ2v) is 6.57. The van der Waals surface area contributed by atoms with E-state index in [1.807, 2.05) is 49.3 Å². The highest BCUT2D eigenvalue weighted by Gasteiger charge is 2.30. The van der Waals surface area contributed by atoms with E-state index >= 15 is 0 Å². The van der Waals surface area contributed by atoms with Gasteiger partial charge in [-0.1, -0.05) is 42.5 Å². The Morgan fingerprint density at radius 2 is 1.67 bits per heavy atom. The van der Waals surface area contributed by atoms with E-state index in [9.17, 15) is 18.0 Å². The predicted molar refractivity (Wildman–Crippen MR) is 99.3 cm³/mol. The first-order valence-electron chi connectivity index (χ1n) is 8.64. The van der Waals surface area contributed by atoms with Gasteiger partial charge in [0, 0.05) is 19.1 Å². The van der Waals surface area contributed by atoms with E-state index in [1.54, 1.807) is 6.07 Å². The van der Waals surface area contributed by atoms with Crippen LogP contribution in [-0.4, -0.2) is 37.6 Å². The first-order chi connectivity index (χ1) is 12.8. The molecule has 0 bridgehead atoms. The smallest absolute Gasteiger partial charge is 0.337 e. The van der Waals surface area contributed by atoms with Crippen LogP contribution in [-0.2, 0) is 19.1 Å². The summed E-state index contributed by atoms with van der Waals surface area (Å²) in [7, 11) is 3.88. The Labute approximate surface area is 157 Å². The van der Waals surface area contributed by atoms with Gasteiger partial charge in [-0.15, -0.1) is 0 Å². The monoisotopic (exact) mass is 379 g/mol. The number of carbonyl (C=O) groups excluding carboxylic acids is 1. The molecule has 1 unspecified atom stereocenters. The fourth-order valence-corrected chi connectivity index (χ4v) is 2.64. The van der Waals surface area contributed by atoms with Gasteiger partial charge in [0.15, 0.2) is 0 Å². The molecule has 0 saturated heterocycles. The number of nitrogens with zero attached hydrogens (tertiary/aromatic N) is 1. The van der Waals surface area contributed by atoms with Crippen molar-refractivity contribution in [3.05, 3.63) is 71.3 Å². The van der Waals surface area contributed by atoms with Crippen molar-refractivity contribution in [3.63, 3.8) is 0 Å². The molecule has 0 heterocycles. The average molecular weight is 379 g/mol. The van der Waals surface area contributed by atoms with Gasteiger partial charge in [0.05, 0.1) is 5.56 Å². The Morgan fingerprint density at radius 3 is 2.30 bits per heavy atom. The standard InChI is InChI=1S/C20H24F3N3O/c1-26(2)18(12-15-7-4-3-5-8-15)14-25-19(27)24-13-16-9-6-10-17(11-16)20(21,22)23/h3-11,18H,12-14H2,1-2H3,(H2,24,25,27). The van der Waals surface area contributed by atoms with Crippen molar-refractivity contribution < 1.29 is 18.0 Å². The Morgan fingerprint density at radius 1 is 1.00 bits per heavy atom. The summed E-state index contributed by atoms with van der Waals surface area (Å²) < 4.78 is 38.2. The van der Waals surface area contributed by atoms with Crippen molar-refractivity contribution in [2.75, 3.05) is 20.6 Å². The topological polar surface area (TPSA) is 44.4 Å². The first kappa shape index (κ1) is 20.8. The number of likely N-dealkylation sites (N-methyl/N-ethyl adjacent to an activating group) is 1. The third-order valence-corrected chi connectivity index (χ3v) is 4.25. The van der Waals surface area contributed by atoms with Gasteiger partial charge in [0.25, 0.3) is 0 Å². The summed E-state index contributed by atoms with van der Waals surface area (Å²) in [6, 6.07) is 14.6. The van der Waals surface area contributed by atoms with E-state index in [0.29, 0.717) is 12.1 Å². The number of rotatable bonds is 7. The van der Waals surface area contributed by atoms with E-state index in [1.165, 1.54) is 11.6 Å². The van der Waals surface area contributed by atoms with Crippen molar-refractivity contribution in [1.82, 2.24) is 15.5 Å². The third-order valence-electron chi connectivity index (χ3n) is 4.25. The molecular formula is C20H24F3N3O. The summed E-state index contributed by atoms with van der Waals surface area (Å²) in [4.78, 5) is 14.0. The molecule has 4 nitrogen and oxygen atoms in total. The second kappa shape index (κ2) is 9.41. The zero-order chi connectivity index (χ0) is 19.9. The highest BCUT2D eigenvalue weighted by atomic mass is 19.4. The quantitative estimate of drug-likeness (QED) is 0.771. The van der Waals surface area contributed by atoms with Gasteiger partial charge in [-0.3, -0.25) is 0 Å². The van der Waals surface area contributed by atoms with Gasteiger partial charge >= 0.3 is 12.2 Å². The number of amides is 2. The summed E-state index contributed by atoms with van der Waals surface area (Å²) in [6.45, 7) is 0.456. The van der Waals surface area contributed by atoms with Gasteiger partial charge in [-0.05, 0) is 43.8 Å². The Kier molecular flexibility index (Phi) is 7.24. The zero-order valence-corrected chi connectivity index (χ0v) is 15.4. The number of benzene rings is 2. The number of nitrogens with one attached hydrogen (secondary N) is 2. The Hall–Kier alpha value is -2.54. The highest BCUT2D eigenvalue weighted by Crippen LogP contribution is 2.29. The van der Waals surface area contributed by atoms with Crippen LogP contribution in [0.15, 0.2) is 54.6 Å². The van der Waals surface area contributed by atoms with Crippen LogP contribution in [0.25, 0.3) is 0 Å². The molecule has 0 aliphatic carbocycles. The molecule has 2 N–H and O–H groups in total. The van der Waals surface area contributed by atoms with Crippen LogP contribution in [0.1, 0.15) is 16.7 Å². The molecule has 0 radical (unpaired) electrons. The summed E-state index contributed by atoms with van der Waals surface area (Å²) >= 11 is 0. The maximum Gasteiger partial charge on any atom is 0.416 e. The SMILES string of the molecule is CN(C)C(CNC(=O)NCc1cccc(C(F)(F)F)c1)Cc1ccccc1. The van der Waals surface area contributed by atoms with Crippen LogP contribution in [0.4, 0.5) is 18.0 Å². The zero-order valence-electron chi connectivity index (χ0n) is 15.4. The number of urea groups is 1. The van der Waals surface area contributed by atoms with E-state index in [2.05, 4.69) is 10.6 Å². The number of hydrogen-bond acceptors (Lipinski definition) is 2. The minimum Gasteiger partial charge on any atom is -0.337 e. The molecule has 0 aliphatic heterocycles. The molecule has 2 rings (SSSR count). The van der Waals surface area contributed by atoms with Crippen molar-refractivity contribution in [1.29, 1.82) is 0 Å². The molecule has 2 amide bonds. The summed E-state index contributed by atoms with van der Waals surface area (Å²) in [5.41, 5.74) is 0.841. The van der Waals surface area contributed by atoms with Crippen molar-refractivity contribution in [2.24, 2.45) is 0 Å². The molecule has 27 heavy (non-hydrogen) atoms. The van der Waals surface area contributed by atoms with Crippen molar-refractivity contribution >= 4 is 6.03 Å². The summed E-state index contributed by atoms with van der Waals surface area (Å²) in [5.74, 6) is 0. The number of halogens is 3. The highest BCUT2D eigenvalue weighted by molar-refractivity contribution is 5.73. The number of hydrogen-bond donors (Lipinski definition) is 2. The first-order valence-corrected chi connectivity index (χ1v) is 8.64. The Bertz CT molecular complexity index is 733. The van der Waals surface area contributed by atoms with Crippen LogP contribution >= 0.6 is 0 Å². The maximum absolute atomic E-state index is 12.7. The second-order valence-electron chi connectivity index (χ2n) is 6.57. The molecule has 0 saturated carbocycles. The fraction of sp³-hybridized carbons (Fsp3) is 0.350. The molecule has 0 fully saturated rings. The van der Waals surface area contributed by atoms with Crippen LogP contribution < -0.4 is 10.6 Å². The van der Waals surface area contributed by atoms with Gasteiger partial charge in [0.2, 0.25) is 0 Å². The molecule has 0 aliphatic rings. The summed E-state index contributed by atoms with van der Waals surface area (Å²) in [6.07, 6.45) is -3.61. The lowest BCUT2D eigenvalue weighted by atomic mass is 10.1. The molecule has 2 aromatic carbocycles. The van der Waals surface area contributed by atoms with E-state index < -0.39 is 17.8 Å². The van der Waals surface area contributed by atoms with Gasteiger partial charge in [-0.25, -0.2) is 4.79 Å². The predicted octanol–water partition coefficient (Wildman–Crippen LogP) is 3.68. The Balaban J connectivity index is 1.84. The fourth-order valence-electron chi connectivity index (χ4n) is 2.64. The lowest BCUT2D eigenvalue weighted by Crippen LogP contribution is -2.44. The number of carbonyl (C=O) groups is 1. The van der Waals surface area contributed by atoms with Crippen molar-refractivity contribution in [2.45, 2.75) is 25.2 Å². The molecule has 146 valence electrons. The lowest BCUT2D eigenvalue weighted by molar-refractivity contribution is -0.137. The van der Waals surface area contributed by atoms with Gasteiger partial charge in [-0.2, -0.15) is 13.2 Å². The van der Waals surface area contributed by atoms with Crippen LogP contribution in [0.2, 0.25) is 0 Å². The van der Waals surface area contributed by atoms with E-state index in [-0.39, 0.29) is 12.6 Å². The molecule has 7 heteroatoms. The maximum atomic E-state index is 12.7. The molecular weight excluding hydrogens is 355 g/mol. The molecule has 1 atom stereocenters.